The number of allylic oxidation sites excluding steroid dienone is 1. The number of benzene rings is 3. The van der Waals surface area contributed by atoms with E-state index in [0.717, 1.165) is 30.3 Å². The van der Waals surface area contributed by atoms with Crippen LogP contribution in [-0.2, 0) is 11.0 Å². The minimum atomic E-state index is -5.11. The van der Waals surface area contributed by atoms with E-state index < -0.39 is 83.4 Å². The minimum absolute atomic E-state index is 0.0127. The molecular formula is C33H26F8N2O6. The number of carboxylic acid groups (broad SMARTS) is 1. The average molecular weight is 699 g/mol. The Morgan fingerprint density at radius 3 is 2.24 bits per heavy atom. The zero-order chi connectivity index (χ0) is 35.8. The third-order valence-electron chi connectivity index (χ3n) is 8.47. The Labute approximate surface area is 272 Å². The number of carboxylic acids is 1. The molecule has 2 amide bonds. The van der Waals surface area contributed by atoms with E-state index in [2.05, 4.69) is 10.6 Å². The summed E-state index contributed by atoms with van der Waals surface area (Å²) in [4.78, 5) is 38.9. The van der Waals surface area contributed by atoms with Gasteiger partial charge in [0.2, 0.25) is 5.91 Å². The third kappa shape index (κ3) is 7.53. The molecule has 260 valence electrons. The molecule has 0 aromatic heterocycles. The van der Waals surface area contributed by atoms with Gasteiger partial charge in [0.15, 0.2) is 0 Å². The van der Waals surface area contributed by atoms with Gasteiger partial charge in [-0.15, -0.1) is 0 Å². The molecule has 0 radical (unpaired) electrons. The number of carbonyl (C=O) groups excluding carboxylic acids is 2. The van der Waals surface area contributed by atoms with Crippen molar-refractivity contribution in [2.45, 2.75) is 31.2 Å². The fourth-order valence-electron chi connectivity index (χ4n) is 6.49. The van der Waals surface area contributed by atoms with Gasteiger partial charge in [0.1, 0.15) is 24.0 Å². The van der Waals surface area contributed by atoms with Crippen molar-refractivity contribution in [1.82, 2.24) is 5.32 Å². The molecule has 3 aromatic rings. The molecule has 8 nitrogen and oxygen atoms in total. The van der Waals surface area contributed by atoms with Crippen LogP contribution in [0.2, 0.25) is 0 Å². The number of carbonyl (C=O) groups is 3. The summed E-state index contributed by atoms with van der Waals surface area (Å²) in [6.45, 7) is -0.796. The number of aromatic carboxylic acids is 1. The van der Waals surface area contributed by atoms with E-state index in [-0.39, 0.29) is 59.1 Å². The molecule has 2 unspecified atom stereocenters. The molecule has 49 heavy (non-hydrogen) atoms. The predicted molar refractivity (Wildman–Crippen MR) is 157 cm³/mol. The highest BCUT2D eigenvalue weighted by Gasteiger charge is 2.56. The number of anilines is 1. The number of ether oxygens (including phenoxy) is 1. The quantitative estimate of drug-likeness (QED) is 0.148. The highest BCUT2D eigenvalue weighted by molar-refractivity contribution is 6.00. The summed E-state index contributed by atoms with van der Waals surface area (Å²) in [6.07, 6.45) is -9.66. The largest absolute Gasteiger partial charge is 0.490 e. The molecule has 2 fully saturated rings. The second-order valence-corrected chi connectivity index (χ2v) is 11.5. The van der Waals surface area contributed by atoms with Crippen LogP contribution in [0.1, 0.15) is 39.1 Å². The van der Waals surface area contributed by atoms with Crippen molar-refractivity contribution in [2.75, 3.05) is 18.5 Å². The van der Waals surface area contributed by atoms with Gasteiger partial charge in [-0.1, -0.05) is 11.6 Å². The fourth-order valence-corrected chi connectivity index (χ4v) is 6.49. The molecule has 3 aromatic carbocycles. The number of halogens is 8. The number of hydrogen-bond acceptors (Lipinski definition) is 5. The van der Waals surface area contributed by atoms with Crippen LogP contribution in [0.3, 0.4) is 0 Å². The summed E-state index contributed by atoms with van der Waals surface area (Å²) >= 11 is 0. The monoisotopic (exact) mass is 698 g/mol. The van der Waals surface area contributed by atoms with E-state index in [1.807, 2.05) is 0 Å². The van der Waals surface area contributed by atoms with Crippen LogP contribution in [0.25, 0.3) is 11.1 Å². The number of hydrogen-bond donors (Lipinski definition) is 4. The van der Waals surface area contributed by atoms with Crippen molar-refractivity contribution in [3.63, 3.8) is 0 Å². The van der Waals surface area contributed by atoms with Crippen LogP contribution in [0.5, 0.6) is 5.75 Å². The SMILES string of the molecule is O=C(O)c1ccc(F)c(-c2ccc(OCCO)c(C(=O)N[C@@H]3C4CCC(/C4=C/C(F)(F)F)[C@@H]3C(=O)Nc3ccc(F)c(C(F)(F)F)c3)c2)c1. The molecule has 0 aliphatic heterocycles. The van der Waals surface area contributed by atoms with Crippen molar-refractivity contribution < 1.29 is 64.5 Å². The Kier molecular flexibility index (Phi) is 9.72. The first-order valence-corrected chi connectivity index (χ1v) is 14.7. The van der Waals surface area contributed by atoms with Gasteiger partial charge >= 0.3 is 18.3 Å². The Morgan fingerprint density at radius 1 is 0.898 bits per heavy atom. The molecule has 2 bridgehead atoms. The maximum Gasteiger partial charge on any atom is 0.419 e. The predicted octanol–water partition coefficient (Wildman–Crippen LogP) is 6.60. The number of amides is 2. The summed E-state index contributed by atoms with van der Waals surface area (Å²) in [5, 5.41) is 23.4. The highest BCUT2D eigenvalue weighted by atomic mass is 19.4. The molecule has 4 N–H and O–H groups in total. The molecule has 0 spiro atoms. The van der Waals surface area contributed by atoms with Gasteiger partial charge in [-0.25, -0.2) is 13.6 Å². The molecule has 2 aliphatic carbocycles. The summed E-state index contributed by atoms with van der Waals surface area (Å²) < 4.78 is 115. The first-order chi connectivity index (χ1) is 23.0. The third-order valence-corrected chi connectivity index (χ3v) is 8.47. The van der Waals surface area contributed by atoms with Crippen molar-refractivity contribution in [2.24, 2.45) is 17.8 Å². The topological polar surface area (TPSA) is 125 Å². The van der Waals surface area contributed by atoms with Gasteiger partial charge < -0.3 is 25.6 Å². The average Bonchev–Trinajstić information content (AvgIpc) is 3.53. The molecule has 2 saturated carbocycles. The zero-order valence-electron chi connectivity index (χ0n) is 25.0. The van der Waals surface area contributed by atoms with E-state index in [1.54, 1.807) is 0 Å². The van der Waals surface area contributed by atoms with E-state index >= 15 is 0 Å². The molecular weight excluding hydrogens is 672 g/mol. The van der Waals surface area contributed by atoms with Crippen LogP contribution in [0, 0.1) is 29.4 Å². The van der Waals surface area contributed by atoms with E-state index in [4.69, 9.17) is 4.74 Å². The number of alkyl halides is 6. The Hall–Kier alpha value is -4.99. The normalized spacial score (nSPS) is 21.1. The second kappa shape index (κ2) is 13.5. The molecule has 5 rings (SSSR count). The molecule has 2 aliphatic rings. The number of nitrogens with one attached hydrogen (secondary N) is 2. The van der Waals surface area contributed by atoms with Crippen LogP contribution in [0.15, 0.2) is 66.2 Å². The van der Waals surface area contributed by atoms with E-state index in [0.29, 0.717) is 12.1 Å². The zero-order valence-corrected chi connectivity index (χ0v) is 25.0. The lowest BCUT2D eigenvalue weighted by Crippen LogP contribution is -2.48. The Balaban J connectivity index is 1.52. The van der Waals surface area contributed by atoms with Crippen molar-refractivity contribution in [3.8, 4) is 16.9 Å². The summed E-state index contributed by atoms with van der Waals surface area (Å²) in [7, 11) is 0. The first kappa shape index (κ1) is 35.3. The standard InChI is InChI=1S/C33H26F8N2O6/c34-24-6-1-16(31(47)48)12-20(24)15-2-8-26(49-10-9-44)21(11-15)29(45)43-28-19-5-4-18(22(19)14-32(36,37)38)27(28)30(46)42-17-3-7-25(35)23(13-17)33(39,40)41/h1-3,6-8,11-14,18-19,27-28,44H,4-5,9-10H2,(H,42,46)(H,43,45)(H,47,48)/b22-14-/t18?,19?,27-,28+/m0/s1. The summed E-state index contributed by atoms with van der Waals surface area (Å²) in [5.41, 5.74) is -3.13. The lowest BCUT2D eigenvalue weighted by Gasteiger charge is -2.30. The number of rotatable bonds is 9. The number of fused-ring (bicyclic) bond motifs is 2. The second-order valence-electron chi connectivity index (χ2n) is 11.5. The van der Waals surface area contributed by atoms with E-state index in [9.17, 15) is 59.7 Å². The maximum atomic E-state index is 14.8. The van der Waals surface area contributed by atoms with Gasteiger partial charge in [-0.2, -0.15) is 26.3 Å². The van der Waals surface area contributed by atoms with Gasteiger partial charge in [-0.3, -0.25) is 9.59 Å². The van der Waals surface area contributed by atoms with Crippen molar-refractivity contribution in [3.05, 3.63) is 94.6 Å². The summed E-state index contributed by atoms with van der Waals surface area (Å²) in [6, 6.07) is 6.98. The number of aliphatic hydroxyl groups excluding tert-OH is 1. The first-order valence-electron chi connectivity index (χ1n) is 14.7. The highest BCUT2D eigenvalue weighted by Crippen LogP contribution is 2.54. The molecule has 16 heteroatoms. The lowest BCUT2D eigenvalue weighted by molar-refractivity contribution is -0.140. The van der Waals surface area contributed by atoms with Crippen LogP contribution >= 0.6 is 0 Å². The van der Waals surface area contributed by atoms with Gasteiger partial charge in [0.05, 0.1) is 29.2 Å². The van der Waals surface area contributed by atoms with Crippen molar-refractivity contribution in [1.29, 1.82) is 0 Å². The Bertz CT molecular complexity index is 1820. The van der Waals surface area contributed by atoms with Crippen molar-refractivity contribution >= 4 is 23.5 Å². The van der Waals surface area contributed by atoms with Gasteiger partial charge in [0.25, 0.3) is 5.91 Å². The lowest BCUT2D eigenvalue weighted by atomic mass is 9.83. The van der Waals surface area contributed by atoms with E-state index in [1.165, 1.54) is 12.1 Å². The minimum Gasteiger partial charge on any atom is -0.490 e. The molecule has 4 atom stereocenters. The van der Waals surface area contributed by atoms with Gasteiger partial charge in [-0.05, 0) is 72.9 Å². The molecule has 0 heterocycles. The smallest absolute Gasteiger partial charge is 0.419 e. The molecule has 0 saturated heterocycles. The van der Waals surface area contributed by atoms with Gasteiger partial charge in [0, 0.05) is 29.3 Å². The Morgan fingerprint density at radius 2 is 1.59 bits per heavy atom. The van der Waals surface area contributed by atoms with Crippen LogP contribution < -0.4 is 15.4 Å². The van der Waals surface area contributed by atoms with Crippen LogP contribution in [0.4, 0.5) is 40.8 Å². The number of aliphatic hydroxyl groups is 1. The fraction of sp³-hybridized carbons (Fsp3) is 0.303. The summed E-state index contributed by atoms with van der Waals surface area (Å²) in [5.74, 6) is -9.47. The van der Waals surface area contributed by atoms with Crippen LogP contribution in [-0.4, -0.2) is 53.4 Å². The maximum absolute atomic E-state index is 14.8.